The summed E-state index contributed by atoms with van der Waals surface area (Å²) < 4.78 is 15.8. The Kier molecular flexibility index (Phi) is 6.01. The van der Waals surface area contributed by atoms with Crippen LogP contribution in [0.1, 0.15) is 22.8 Å². The highest BCUT2D eigenvalue weighted by molar-refractivity contribution is 6.31. The Morgan fingerprint density at radius 1 is 1.18 bits per heavy atom. The fourth-order valence-corrected chi connectivity index (χ4v) is 2.83. The number of benzene rings is 2. The first-order valence-corrected chi connectivity index (χ1v) is 8.90. The SMILES string of the molecule is CCOC(=O)c1ccc(NC(=O)C2=Cc3cc(Cl)cc(OC)c3OC=C2)cc1. The third-order valence-electron chi connectivity index (χ3n) is 3.93. The molecule has 0 saturated carbocycles. The van der Waals surface area contributed by atoms with Crippen LogP contribution in [0.5, 0.6) is 11.5 Å². The highest BCUT2D eigenvalue weighted by atomic mass is 35.5. The molecule has 0 saturated heterocycles. The number of nitrogens with one attached hydrogen (secondary N) is 1. The summed E-state index contributed by atoms with van der Waals surface area (Å²) in [4.78, 5) is 24.3. The Balaban J connectivity index is 1.81. The van der Waals surface area contributed by atoms with E-state index in [-0.39, 0.29) is 5.91 Å². The largest absolute Gasteiger partial charge is 0.493 e. The summed E-state index contributed by atoms with van der Waals surface area (Å²) >= 11 is 6.11. The lowest BCUT2D eigenvalue weighted by atomic mass is 10.1. The molecule has 0 aromatic heterocycles. The highest BCUT2D eigenvalue weighted by Crippen LogP contribution is 2.37. The monoisotopic (exact) mass is 399 g/mol. The molecule has 0 radical (unpaired) electrons. The molecule has 1 amide bonds. The summed E-state index contributed by atoms with van der Waals surface area (Å²) in [6.07, 6.45) is 4.63. The molecule has 7 heteroatoms. The van der Waals surface area contributed by atoms with E-state index in [1.54, 1.807) is 55.5 Å². The molecule has 3 rings (SSSR count). The highest BCUT2D eigenvalue weighted by Gasteiger charge is 2.17. The molecule has 0 spiro atoms. The number of anilines is 1. The van der Waals surface area contributed by atoms with Crippen LogP contribution in [0.15, 0.2) is 54.3 Å². The second-order valence-corrected chi connectivity index (χ2v) is 6.24. The van der Waals surface area contributed by atoms with Crippen molar-refractivity contribution >= 4 is 35.2 Å². The van der Waals surface area contributed by atoms with Crippen molar-refractivity contribution in [2.24, 2.45) is 0 Å². The van der Waals surface area contributed by atoms with Gasteiger partial charge < -0.3 is 19.5 Å². The van der Waals surface area contributed by atoms with E-state index >= 15 is 0 Å². The van der Waals surface area contributed by atoms with E-state index in [0.717, 1.165) is 0 Å². The first kappa shape index (κ1) is 19.5. The first-order valence-electron chi connectivity index (χ1n) is 8.52. The standard InChI is InChI=1S/C21H18ClNO5/c1-3-27-21(25)13-4-6-17(7-5-13)23-20(24)14-8-9-28-19-15(10-14)11-16(22)12-18(19)26-2/h4-12H,3H2,1-2H3,(H,23,24). The lowest BCUT2D eigenvalue weighted by Gasteiger charge is -2.10. The number of fused-ring (bicyclic) bond motifs is 1. The van der Waals surface area contributed by atoms with Crippen molar-refractivity contribution in [3.63, 3.8) is 0 Å². The normalized spacial score (nSPS) is 12.2. The van der Waals surface area contributed by atoms with Gasteiger partial charge in [-0.2, -0.15) is 0 Å². The number of esters is 1. The fraction of sp³-hybridized carbons (Fsp3) is 0.143. The topological polar surface area (TPSA) is 73.9 Å². The zero-order chi connectivity index (χ0) is 20.1. The number of carbonyl (C=O) groups is 2. The summed E-state index contributed by atoms with van der Waals surface area (Å²) in [6.45, 7) is 2.04. The number of hydrogen-bond acceptors (Lipinski definition) is 5. The third kappa shape index (κ3) is 4.35. The van der Waals surface area contributed by atoms with Crippen molar-refractivity contribution in [3.8, 4) is 11.5 Å². The molecule has 1 aliphatic rings. The Morgan fingerprint density at radius 2 is 1.93 bits per heavy atom. The van der Waals surface area contributed by atoms with Crippen LogP contribution >= 0.6 is 11.6 Å². The molecule has 0 fully saturated rings. The Hall–Kier alpha value is -3.25. The van der Waals surface area contributed by atoms with Crippen LogP contribution in [-0.4, -0.2) is 25.6 Å². The second-order valence-electron chi connectivity index (χ2n) is 5.80. The molecule has 144 valence electrons. The predicted molar refractivity (Wildman–Crippen MR) is 107 cm³/mol. The van der Waals surface area contributed by atoms with Gasteiger partial charge in [-0.05, 0) is 49.4 Å². The van der Waals surface area contributed by atoms with Gasteiger partial charge in [-0.3, -0.25) is 4.79 Å². The molecule has 1 aliphatic heterocycles. The molecule has 0 aliphatic carbocycles. The number of hydrogen-bond donors (Lipinski definition) is 1. The Bertz CT molecular complexity index is 964. The van der Waals surface area contributed by atoms with E-state index < -0.39 is 5.97 Å². The minimum Gasteiger partial charge on any atom is -0.493 e. The zero-order valence-corrected chi connectivity index (χ0v) is 16.1. The van der Waals surface area contributed by atoms with E-state index in [4.69, 9.17) is 25.8 Å². The molecule has 2 aromatic carbocycles. The molecule has 2 aromatic rings. The summed E-state index contributed by atoms with van der Waals surface area (Å²) in [5, 5.41) is 3.25. The van der Waals surface area contributed by atoms with Gasteiger partial charge in [-0.25, -0.2) is 4.79 Å². The van der Waals surface area contributed by atoms with Crippen molar-refractivity contribution in [1.29, 1.82) is 0 Å². The summed E-state index contributed by atoms with van der Waals surface area (Å²) in [5.74, 6) is 0.203. The van der Waals surface area contributed by atoms with Gasteiger partial charge in [0, 0.05) is 27.9 Å². The van der Waals surface area contributed by atoms with Gasteiger partial charge >= 0.3 is 5.97 Å². The van der Waals surface area contributed by atoms with E-state index in [0.29, 0.717) is 45.5 Å². The second kappa shape index (κ2) is 8.63. The van der Waals surface area contributed by atoms with Crippen LogP contribution < -0.4 is 14.8 Å². The van der Waals surface area contributed by atoms with Crippen LogP contribution in [-0.2, 0) is 9.53 Å². The van der Waals surface area contributed by atoms with Crippen LogP contribution in [0.25, 0.3) is 6.08 Å². The van der Waals surface area contributed by atoms with Crippen molar-refractivity contribution in [2.75, 3.05) is 19.0 Å². The van der Waals surface area contributed by atoms with Gasteiger partial charge in [0.05, 0.1) is 25.5 Å². The number of carbonyl (C=O) groups excluding carboxylic acids is 2. The van der Waals surface area contributed by atoms with Crippen LogP contribution in [0, 0.1) is 0 Å². The van der Waals surface area contributed by atoms with Crippen LogP contribution in [0.4, 0.5) is 5.69 Å². The van der Waals surface area contributed by atoms with Crippen molar-refractivity contribution < 1.29 is 23.8 Å². The maximum atomic E-state index is 12.6. The lowest BCUT2D eigenvalue weighted by Crippen LogP contribution is -2.13. The number of amides is 1. The maximum Gasteiger partial charge on any atom is 0.338 e. The quantitative estimate of drug-likeness (QED) is 0.752. The molecule has 28 heavy (non-hydrogen) atoms. The third-order valence-corrected chi connectivity index (χ3v) is 4.15. The van der Waals surface area contributed by atoms with Gasteiger partial charge in [0.1, 0.15) is 0 Å². The van der Waals surface area contributed by atoms with Crippen LogP contribution in [0.2, 0.25) is 5.02 Å². The average molecular weight is 400 g/mol. The van der Waals surface area contributed by atoms with Gasteiger partial charge in [-0.1, -0.05) is 11.6 Å². The molecule has 6 nitrogen and oxygen atoms in total. The minimum atomic E-state index is -0.408. The van der Waals surface area contributed by atoms with Crippen molar-refractivity contribution in [1.82, 2.24) is 0 Å². The molecule has 0 atom stereocenters. The molecule has 0 bridgehead atoms. The average Bonchev–Trinajstić information content (AvgIpc) is 2.90. The molecular formula is C21H18ClNO5. The van der Waals surface area contributed by atoms with E-state index in [1.807, 2.05) is 0 Å². The van der Waals surface area contributed by atoms with Gasteiger partial charge in [-0.15, -0.1) is 0 Å². The molecule has 0 unspecified atom stereocenters. The predicted octanol–water partition coefficient (Wildman–Crippen LogP) is 4.45. The maximum absolute atomic E-state index is 12.6. The number of halogens is 1. The van der Waals surface area contributed by atoms with Gasteiger partial charge in [0.15, 0.2) is 11.5 Å². The first-order chi connectivity index (χ1) is 13.5. The van der Waals surface area contributed by atoms with Crippen molar-refractivity contribution in [2.45, 2.75) is 6.92 Å². The Morgan fingerprint density at radius 3 is 2.61 bits per heavy atom. The van der Waals surface area contributed by atoms with Crippen molar-refractivity contribution in [3.05, 3.63) is 70.5 Å². The van der Waals surface area contributed by atoms with Gasteiger partial charge in [0.2, 0.25) is 0 Å². The zero-order valence-electron chi connectivity index (χ0n) is 15.3. The van der Waals surface area contributed by atoms with Gasteiger partial charge in [0.25, 0.3) is 5.91 Å². The summed E-state index contributed by atoms with van der Waals surface area (Å²) in [6, 6.07) is 9.78. The lowest BCUT2D eigenvalue weighted by molar-refractivity contribution is -0.112. The van der Waals surface area contributed by atoms with Crippen LogP contribution in [0.3, 0.4) is 0 Å². The summed E-state index contributed by atoms with van der Waals surface area (Å²) in [7, 11) is 1.52. The number of rotatable bonds is 5. The molecule has 1 N–H and O–H groups in total. The molecule has 1 heterocycles. The van der Waals surface area contributed by atoms with E-state index in [1.165, 1.54) is 13.4 Å². The summed E-state index contributed by atoms with van der Waals surface area (Å²) in [5.41, 5.74) is 1.95. The molecular weight excluding hydrogens is 382 g/mol. The minimum absolute atomic E-state index is 0.302. The Labute approximate surface area is 167 Å². The number of methoxy groups -OCH3 is 1. The fourth-order valence-electron chi connectivity index (χ4n) is 2.61. The van der Waals surface area contributed by atoms with E-state index in [2.05, 4.69) is 5.32 Å². The smallest absolute Gasteiger partial charge is 0.338 e. The number of ether oxygens (including phenoxy) is 3. The van der Waals surface area contributed by atoms with E-state index in [9.17, 15) is 9.59 Å².